The van der Waals surface area contributed by atoms with Crippen molar-refractivity contribution < 1.29 is 19.1 Å². The zero-order valence-electron chi connectivity index (χ0n) is 13.5. The molecule has 1 atom stereocenters. The van der Waals surface area contributed by atoms with Crippen molar-refractivity contribution in [2.45, 2.75) is 44.6 Å². The van der Waals surface area contributed by atoms with Gasteiger partial charge in [-0.15, -0.1) is 0 Å². The molecule has 0 unspecified atom stereocenters. The molecule has 1 aromatic carbocycles. The molecule has 2 N–H and O–H groups in total. The van der Waals surface area contributed by atoms with E-state index in [9.17, 15) is 19.1 Å². The number of benzene rings is 1. The molecule has 0 radical (unpaired) electrons. The summed E-state index contributed by atoms with van der Waals surface area (Å²) in [6.45, 7) is 0. The molecule has 4 aliphatic rings. The molecule has 1 amide bonds. The van der Waals surface area contributed by atoms with Gasteiger partial charge in [-0.3, -0.25) is 4.79 Å². The standard InChI is InChI=1S/C19H22FNO3/c20-15-3-1-14(2-4-15)17(22)21-16(18(23)24)19-8-11-5-12(9-19)7-13(6-11)10-19/h1-4,11-13,16H,5-10H2,(H,21,22)(H,23,24)/t11?,12?,13?,16-,19?/m0/s1. The molecular weight excluding hydrogens is 309 g/mol. The van der Waals surface area contributed by atoms with E-state index in [1.807, 2.05) is 0 Å². The van der Waals surface area contributed by atoms with Crippen LogP contribution in [0.25, 0.3) is 0 Å². The molecule has 0 heterocycles. The van der Waals surface area contributed by atoms with Crippen molar-refractivity contribution in [1.29, 1.82) is 0 Å². The average Bonchev–Trinajstić information content (AvgIpc) is 2.51. The summed E-state index contributed by atoms with van der Waals surface area (Å²) >= 11 is 0. The molecule has 1 aromatic rings. The van der Waals surface area contributed by atoms with Gasteiger partial charge in [-0.25, -0.2) is 9.18 Å². The van der Waals surface area contributed by atoms with Gasteiger partial charge in [0.1, 0.15) is 11.9 Å². The van der Waals surface area contributed by atoms with E-state index in [1.165, 1.54) is 43.5 Å². The van der Waals surface area contributed by atoms with Crippen LogP contribution in [0.15, 0.2) is 24.3 Å². The Labute approximate surface area is 140 Å². The maximum Gasteiger partial charge on any atom is 0.326 e. The predicted molar refractivity (Wildman–Crippen MR) is 85.9 cm³/mol. The lowest BCUT2D eigenvalue weighted by Gasteiger charge is -2.58. The summed E-state index contributed by atoms with van der Waals surface area (Å²) < 4.78 is 13.0. The second kappa shape index (κ2) is 5.57. The molecule has 4 saturated carbocycles. The topological polar surface area (TPSA) is 66.4 Å². The molecule has 0 aromatic heterocycles. The number of aliphatic carboxylic acids is 1. The van der Waals surface area contributed by atoms with Crippen molar-refractivity contribution in [3.8, 4) is 0 Å². The van der Waals surface area contributed by atoms with Crippen LogP contribution < -0.4 is 5.32 Å². The zero-order valence-corrected chi connectivity index (χ0v) is 13.5. The lowest BCUT2D eigenvalue weighted by molar-refractivity contribution is -0.150. The molecule has 4 fully saturated rings. The van der Waals surface area contributed by atoms with Crippen molar-refractivity contribution in [2.24, 2.45) is 23.2 Å². The van der Waals surface area contributed by atoms with E-state index in [2.05, 4.69) is 5.32 Å². The average molecular weight is 331 g/mol. The lowest BCUT2D eigenvalue weighted by atomic mass is 9.47. The van der Waals surface area contributed by atoms with E-state index in [1.54, 1.807) is 0 Å². The van der Waals surface area contributed by atoms with Crippen LogP contribution in [0.2, 0.25) is 0 Å². The first kappa shape index (κ1) is 15.6. The van der Waals surface area contributed by atoms with Gasteiger partial charge in [0.25, 0.3) is 5.91 Å². The number of carboxylic acid groups (broad SMARTS) is 1. The van der Waals surface area contributed by atoms with Crippen molar-refractivity contribution in [1.82, 2.24) is 5.32 Å². The van der Waals surface area contributed by atoms with Crippen LogP contribution in [0, 0.1) is 29.0 Å². The first-order valence-electron chi connectivity index (χ1n) is 8.74. The van der Waals surface area contributed by atoms with Gasteiger partial charge in [0, 0.05) is 11.0 Å². The molecule has 4 aliphatic carbocycles. The summed E-state index contributed by atoms with van der Waals surface area (Å²) in [6.07, 6.45) is 6.37. The molecular formula is C19H22FNO3. The molecule has 4 bridgehead atoms. The normalized spacial score (nSPS) is 34.8. The summed E-state index contributed by atoms with van der Waals surface area (Å²) in [5.74, 6) is 0.0374. The molecule has 24 heavy (non-hydrogen) atoms. The molecule has 128 valence electrons. The van der Waals surface area contributed by atoms with Crippen molar-refractivity contribution in [2.75, 3.05) is 0 Å². The van der Waals surface area contributed by atoms with Gasteiger partial charge in [-0.05, 0) is 80.5 Å². The number of carbonyl (C=O) groups is 2. The minimum atomic E-state index is -0.951. The molecule has 5 heteroatoms. The van der Waals surface area contributed by atoms with E-state index in [4.69, 9.17) is 0 Å². The maximum atomic E-state index is 13.0. The smallest absolute Gasteiger partial charge is 0.326 e. The van der Waals surface area contributed by atoms with Crippen molar-refractivity contribution in [3.63, 3.8) is 0 Å². The molecule has 0 aliphatic heterocycles. The predicted octanol–water partition coefficient (Wildman–Crippen LogP) is 3.23. The van der Waals surface area contributed by atoms with Crippen LogP contribution in [0.1, 0.15) is 48.9 Å². The Bertz CT molecular complexity index is 634. The Morgan fingerprint density at radius 1 is 1.04 bits per heavy atom. The van der Waals surface area contributed by atoms with E-state index < -0.39 is 23.7 Å². The lowest BCUT2D eigenvalue weighted by Crippen LogP contribution is -2.59. The van der Waals surface area contributed by atoms with Crippen molar-refractivity contribution >= 4 is 11.9 Å². The molecule has 0 saturated heterocycles. The van der Waals surface area contributed by atoms with Gasteiger partial charge in [-0.1, -0.05) is 0 Å². The molecule has 0 spiro atoms. The Balaban J connectivity index is 1.57. The van der Waals surface area contributed by atoms with Crippen LogP contribution in [0.3, 0.4) is 0 Å². The largest absolute Gasteiger partial charge is 0.480 e. The number of carboxylic acids is 1. The highest BCUT2D eigenvalue weighted by molar-refractivity contribution is 5.96. The number of carbonyl (C=O) groups excluding carboxylic acids is 1. The Morgan fingerprint density at radius 2 is 1.54 bits per heavy atom. The summed E-state index contributed by atoms with van der Waals surface area (Å²) in [5, 5.41) is 12.5. The van der Waals surface area contributed by atoms with E-state index in [0.29, 0.717) is 23.3 Å². The minimum Gasteiger partial charge on any atom is -0.480 e. The second-order valence-electron chi connectivity index (χ2n) is 8.03. The van der Waals surface area contributed by atoms with Crippen LogP contribution >= 0.6 is 0 Å². The maximum absolute atomic E-state index is 13.0. The number of amides is 1. The highest BCUT2D eigenvalue weighted by Gasteiger charge is 2.56. The highest BCUT2D eigenvalue weighted by Crippen LogP contribution is 2.61. The van der Waals surface area contributed by atoms with E-state index >= 15 is 0 Å². The number of halogens is 1. The summed E-state index contributed by atoms with van der Waals surface area (Å²) in [7, 11) is 0. The minimum absolute atomic E-state index is 0.298. The summed E-state index contributed by atoms with van der Waals surface area (Å²) in [5.41, 5.74) is -0.0108. The third kappa shape index (κ3) is 2.60. The third-order valence-electron chi connectivity index (χ3n) is 6.33. The second-order valence-corrected chi connectivity index (χ2v) is 8.03. The number of hydrogen-bond donors (Lipinski definition) is 2. The van der Waals surface area contributed by atoms with Crippen molar-refractivity contribution in [3.05, 3.63) is 35.6 Å². The summed E-state index contributed by atoms with van der Waals surface area (Å²) in [6, 6.07) is 4.36. The fourth-order valence-corrected chi connectivity index (χ4v) is 5.82. The highest BCUT2D eigenvalue weighted by atomic mass is 19.1. The number of hydrogen-bond acceptors (Lipinski definition) is 2. The van der Waals surface area contributed by atoms with E-state index in [-0.39, 0.29) is 5.41 Å². The number of rotatable bonds is 4. The first-order valence-corrected chi connectivity index (χ1v) is 8.74. The monoisotopic (exact) mass is 331 g/mol. The molecule has 4 nitrogen and oxygen atoms in total. The Hall–Kier alpha value is -1.91. The zero-order chi connectivity index (χ0) is 16.9. The van der Waals surface area contributed by atoms with Gasteiger partial charge in [-0.2, -0.15) is 0 Å². The Kier molecular flexibility index (Phi) is 3.62. The fourth-order valence-electron chi connectivity index (χ4n) is 5.82. The third-order valence-corrected chi connectivity index (χ3v) is 6.33. The quantitative estimate of drug-likeness (QED) is 0.890. The van der Waals surface area contributed by atoms with Crippen LogP contribution in [-0.4, -0.2) is 23.0 Å². The van der Waals surface area contributed by atoms with Crippen LogP contribution in [0.4, 0.5) is 4.39 Å². The molecule has 5 rings (SSSR count). The van der Waals surface area contributed by atoms with E-state index in [0.717, 1.165) is 19.3 Å². The fraction of sp³-hybridized carbons (Fsp3) is 0.579. The van der Waals surface area contributed by atoms with Crippen LogP contribution in [-0.2, 0) is 4.79 Å². The number of nitrogens with one attached hydrogen (secondary N) is 1. The van der Waals surface area contributed by atoms with Gasteiger partial charge in [0.2, 0.25) is 0 Å². The van der Waals surface area contributed by atoms with Gasteiger partial charge < -0.3 is 10.4 Å². The SMILES string of the molecule is O=C(N[C@@H](C(=O)O)C12CC3CC(CC(C3)C1)C2)c1ccc(F)cc1. The summed E-state index contributed by atoms with van der Waals surface area (Å²) in [4.78, 5) is 24.4. The van der Waals surface area contributed by atoms with Gasteiger partial charge in [0.15, 0.2) is 0 Å². The van der Waals surface area contributed by atoms with Gasteiger partial charge in [0.05, 0.1) is 0 Å². The first-order chi connectivity index (χ1) is 11.4. The Morgan fingerprint density at radius 3 is 2.00 bits per heavy atom. The van der Waals surface area contributed by atoms with Gasteiger partial charge >= 0.3 is 5.97 Å². The van der Waals surface area contributed by atoms with Crippen LogP contribution in [0.5, 0.6) is 0 Å².